The summed E-state index contributed by atoms with van der Waals surface area (Å²) < 4.78 is 71.6. The number of nitrogens with one attached hydrogen (secondary N) is 2. The van der Waals surface area contributed by atoms with E-state index in [0.717, 1.165) is 18.2 Å². The summed E-state index contributed by atoms with van der Waals surface area (Å²) in [5, 5.41) is 2.91. The first-order chi connectivity index (χ1) is 15.4. The second kappa shape index (κ2) is 9.50. The van der Waals surface area contributed by atoms with Gasteiger partial charge in [-0.2, -0.15) is 13.2 Å². The van der Waals surface area contributed by atoms with Gasteiger partial charge >= 0.3 is 6.18 Å². The Morgan fingerprint density at radius 2 is 1.73 bits per heavy atom. The van der Waals surface area contributed by atoms with E-state index < -0.39 is 27.7 Å². The van der Waals surface area contributed by atoms with Gasteiger partial charge in [0, 0.05) is 10.7 Å². The van der Waals surface area contributed by atoms with E-state index in [1.165, 1.54) is 43.5 Å². The lowest BCUT2D eigenvalue weighted by molar-refractivity contribution is -0.137. The first-order valence-corrected chi connectivity index (χ1v) is 11.3. The van der Waals surface area contributed by atoms with Gasteiger partial charge in [0.15, 0.2) is 0 Å². The molecule has 0 saturated carbocycles. The molecule has 0 spiro atoms. The van der Waals surface area contributed by atoms with Crippen LogP contribution in [0.25, 0.3) is 0 Å². The van der Waals surface area contributed by atoms with Crippen molar-refractivity contribution < 1.29 is 31.1 Å². The Morgan fingerprint density at radius 1 is 1.00 bits per heavy atom. The second-order valence-corrected chi connectivity index (χ2v) is 9.15. The fourth-order valence-corrected chi connectivity index (χ4v) is 4.36. The minimum atomic E-state index is -4.64. The number of rotatable bonds is 6. The quantitative estimate of drug-likeness (QED) is 0.414. The highest BCUT2D eigenvalue weighted by Gasteiger charge is 2.31. The molecule has 0 saturated heterocycles. The maximum absolute atomic E-state index is 12.9. The van der Waals surface area contributed by atoms with E-state index in [1.807, 2.05) is 0 Å². The number of benzene rings is 3. The Balaban J connectivity index is 1.91. The zero-order valence-corrected chi connectivity index (χ0v) is 19.0. The van der Waals surface area contributed by atoms with Crippen molar-refractivity contribution in [1.82, 2.24) is 0 Å². The highest BCUT2D eigenvalue weighted by molar-refractivity contribution is 7.92. The molecular formula is C21H15Cl2F3N2O4S. The number of hydrogen-bond acceptors (Lipinski definition) is 4. The number of carbonyl (C=O) groups excluding carboxylic acids is 1. The van der Waals surface area contributed by atoms with Crippen LogP contribution in [0.15, 0.2) is 65.6 Å². The van der Waals surface area contributed by atoms with Gasteiger partial charge in [-0.15, -0.1) is 0 Å². The maximum Gasteiger partial charge on any atom is 0.416 e. The van der Waals surface area contributed by atoms with Crippen LogP contribution in [0.4, 0.5) is 24.5 Å². The molecule has 1 amide bonds. The first kappa shape index (κ1) is 24.7. The van der Waals surface area contributed by atoms with Gasteiger partial charge in [-0.1, -0.05) is 29.3 Å². The SMILES string of the molecule is COc1ccc(S(=O)(=O)Nc2cccc(C(F)(F)F)c2)cc1NC(=O)c1ccc(Cl)cc1Cl. The van der Waals surface area contributed by atoms with Gasteiger partial charge in [0.05, 0.1) is 33.8 Å². The summed E-state index contributed by atoms with van der Waals surface area (Å²) in [6.45, 7) is 0. The van der Waals surface area contributed by atoms with E-state index in [2.05, 4.69) is 10.0 Å². The van der Waals surface area contributed by atoms with Gasteiger partial charge in [-0.25, -0.2) is 8.42 Å². The van der Waals surface area contributed by atoms with E-state index >= 15 is 0 Å². The predicted molar refractivity (Wildman–Crippen MR) is 120 cm³/mol. The van der Waals surface area contributed by atoms with Crippen molar-refractivity contribution >= 4 is 50.5 Å². The van der Waals surface area contributed by atoms with Crippen molar-refractivity contribution in [3.8, 4) is 5.75 Å². The average molecular weight is 519 g/mol. The van der Waals surface area contributed by atoms with Gasteiger partial charge < -0.3 is 10.1 Å². The van der Waals surface area contributed by atoms with Crippen molar-refractivity contribution in [2.75, 3.05) is 17.1 Å². The van der Waals surface area contributed by atoms with Gasteiger partial charge in [0.2, 0.25) is 0 Å². The van der Waals surface area contributed by atoms with Crippen LogP contribution in [0.1, 0.15) is 15.9 Å². The Labute approximate surface area is 197 Å². The Morgan fingerprint density at radius 3 is 2.36 bits per heavy atom. The molecule has 174 valence electrons. The summed E-state index contributed by atoms with van der Waals surface area (Å²) >= 11 is 11.9. The molecule has 0 unspecified atom stereocenters. The molecule has 6 nitrogen and oxygen atoms in total. The molecular weight excluding hydrogens is 504 g/mol. The van der Waals surface area contributed by atoms with E-state index in [-0.39, 0.29) is 32.6 Å². The molecule has 33 heavy (non-hydrogen) atoms. The van der Waals surface area contributed by atoms with Gasteiger partial charge in [0.1, 0.15) is 5.75 Å². The third-order valence-electron chi connectivity index (χ3n) is 4.35. The number of alkyl halides is 3. The summed E-state index contributed by atoms with van der Waals surface area (Å²) in [4.78, 5) is 12.3. The fourth-order valence-electron chi connectivity index (χ4n) is 2.79. The summed E-state index contributed by atoms with van der Waals surface area (Å²) in [7, 11) is -2.99. The molecule has 0 fully saturated rings. The van der Waals surface area contributed by atoms with Crippen LogP contribution in [0.2, 0.25) is 10.0 Å². The first-order valence-electron chi connectivity index (χ1n) is 9.05. The number of halogens is 5. The number of anilines is 2. The molecule has 0 aromatic heterocycles. The highest BCUT2D eigenvalue weighted by Crippen LogP contribution is 2.33. The topological polar surface area (TPSA) is 84.5 Å². The van der Waals surface area contributed by atoms with E-state index in [1.54, 1.807) is 0 Å². The van der Waals surface area contributed by atoms with Crippen molar-refractivity contribution in [2.24, 2.45) is 0 Å². The summed E-state index contributed by atoms with van der Waals surface area (Å²) in [5.41, 5.74) is -1.21. The molecule has 3 aromatic carbocycles. The van der Waals surface area contributed by atoms with Crippen LogP contribution in [0.3, 0.4) is 0 Å². The maximum atomic E-state index is 12.9. The second-order valence-electron chi connectivity index (χ2n) is 6.62. The van der Waals surface area contributed by atoms with Crippen LogP contribution < -0.4 is 14.8 Å². The minimum Gasteiger partial charge on any atom is -0.495 e. The average Bonchev–Trinajstić information content (AvgIpc) is 2.73. The standard InChI is InChI=1S/C21H15Cl2F3N2O4S/c1-32-19-8-6-15(11-18(19)27-20(29)16-7-5-13(22)10-17(16)23)33(30,31)28-14-4-2-3-12(9-14)21(24,25)26/h2-11,28H,1H3,(H,27,29). The van der Waals surface area contributed by atoms with Crippen LogP contribution in [0.5, 0.6) is 5.75 Å². The van der Waals surface area contributed by atoms with E-state index in [9.17, 15) is 26.4 Å². The molecule has 12 heteroatoms. The molecule has 0 atom stereocenters. The van der Waals surface area contributed by atoms with Gasteiger partial charge in [0.25, 0.3) is 15.9 Å². The van der Waals surface area contributed by atoms with Gasteiger partial charge in [-0.05, 0) is 54.6 Å². The lowest BCUT2D eigenvalue weighted by atomic mass is 10.2. The Bertz CT molecular complexity index is 1320. The molecule has 0 aliphatic carbocycles. The fraction of sp³-hybridized carbons (Fsp3) is 0.0952. The number of hydrogen-bond donors (Lipinski definition) is 2. The largest absolute Gasteiger partial charge is 0.495 e. The van der Waals surface area contributed by atoms with Crippen LogP contribution in [0, 0.1) is 0 Å². The smallest absolute Gasteiger partial charge is 0.416 e. The van der Waals surface area contributed by atoms with Gasteiger partial charge in [-0.3, -0.25) is 9.52 Å². The van der Waals surface area contributed by atoms with E-state index in [4.69, 9.17) is 27.9 Å². The predicted octanol–water partition coefficient (Wildman–Crippen LogP) is 6.07. The van der Waals surface area contributed by atoms with Crippen LogP contribution in [-0.2, 0) is 16.2 Å². The zero-order chi connectivity index (χ0) is 24.4. The normalized spacial score (nSPS) is 11.7. The third-order valence-corrected chi connectivity index (χ3v) is 6.27. The summed E-state index contributed by atoms with van der Waals surface area (Å²) in [6, 6.07) is 11.6. The number of amides is 1. The molecule has 0 heterocycles. The van der Waals surface area contributed by atoms with Crippen molar-refractivity contribution in [3.05, 3.63) is 81.8 Å². The van der Waals surface area contributed by atoms with Crippen LogP contribution in [-0.4, -0.2) is 21.4 Å². The molecule has 2 N–H and O–H groups in total. The van der Waals surface area contributed by atoms with Crippen molar-refractivity contribution in [1.29, 1.82) is 0 Å². The Kier molecular flexibility index (Phi) is 7.11. The zero-order valence-electron chi connectivity index (χ0n) is 16.7. The van der Waals surface area contributed by atoms with Crippen LogP contribution >= 0.6 is 23.2 Å². The van der Waals surface area contributed by atoms with Crippen molar-refractivity contribution in [2.45, 2.75) is 11.1 Å². The number of carbonyl (C=O) groups is 1. The van der Waals surface area contributed by atoms with Crippen molar-refractivity contribution in [3.63, 3.8) is 0 Å². The molecule has 3 aromatic rings. The highest BCUT2D eigenvalue weighted by atomic mass is 35.5. The molecule has 3 rings (SSSR count). The lowest BCUT2D eigenvalue weighted by Crippen LogP contribution is -2.16. The summed E-state index contributed by atoms with van der Waals surface area (Å²) in [6.07, 6.45) is -4.64. The number of sulfonamides is 1. The minimum absolute atomic E-state index is 0.000402. The monoisotopic (exact) mass is 518 g/mol. The summed E-state index contributed by atoms with van der Waals surface area (Å²) in [5.74, 6) is -0.512. The number of methoxy groups -OCH3 is 1. The number of ether oxygens (including phenoxy) is 1. The molecule has 0 aliphatic rings. The third kappa shape index (κ3) is 5.89. The molecule has 0 aliphatic heterocycles. The Hall–Kier alpha value is -2.95. The molecule has 0 bridgehead atoms. The molecule has 0 radical (unpaired) electrons. The van der Waals surface area contributed by atoms with E-state index in [0.29, 0.717) is 11.1 Å². The lowest BCUT2D eigenvalue weighted by Gasteiger charge is -2.14.